The van der Waals surface area contributed by atoms with Crippen molar-refractivity contribution in [1.82, 2.24) is 15.0 Å². The standard InChI is InChI=1S/C16H19N3O3S/c1-10-4-5-13(23-10)15(20)18-6-8-19(9-7-18)16(21)14-11(2)17-22-12(14)3/h4-5H,6-9H2,1-3H3. The van der Waals surface area contributed by atoms with Gasteiger partial charge in [0, 0.05) is 31.1 Å². The first-order valence-corrected chi connectivity index (χ1v) is 8.37. The summed E-state index contributed by atoms with van der Waals surface area (Å²) in [5.74, 6) is 0.521. The highest BCUT2D eigenvalue weighted by atomic mass is 32.1. The molecule has 0 unspecified atom stereocenters. The Hall–Kier alpha value is -2.15. The minimum atomic E-state index is -0.0692. The molecule has 0 aliphatic carbocycles. The molecule has 122 valence electrons. The van der Waals surface area contributed by atoms with E-state index in [0.29, 0.717) is 43.2 Å². The van der Waals surface area contributed by atoms with Crippen LogP contribution in [0.3, 0.4) is 0 Å². The fraction of sp³-hybridized carbons (Fsp3) is 0.438. The van der Waals surface area contributed by atoms with E-state index in [4.69, 9.17) is 4.52 Å². The maximum Gasteiger partial charge on any atom is 0.264 e. The zero-order valence-corrected chi connectivity index (χ0v) is 14.3. The predicted octanol–water partition coefficient (Wildman–Crippen LogP) is 2.26. The number of aromatic nitrogens is 1. The van der Waals surface area contributed by atoms with E-state index in [1.54, 1.807) is 18.7 Å². The second-order valence-corrected chi connectivity index (χ2v) is 6.98. The molecule has 2 amide bonds. The topological polar surface area (TPSA) is 66.7 Å². The summed E-state index contributed by atoms with van der Waals surface area (Å²) in [6.45, 7) is 7.64. The van der Waals surface area contributed by atoms with Crippen LogP contribution < -0.4 is 0 Å². The molecule has 0 bridgehead atoms. The average Bonchev–Trinajstić information content (AvgIpc) is 3.12. The van der Waals surface area contributed by atoms with Crippen molar-refractivity contribution in [3.05, 3.63) is 38.9 Å². The van der Waals surface area contributed by atoms with Gasteiger partial charge in [-0.2, -0.15) is 0 Å². The number of carbonyl (C=O) groups excluding carboxylic acids is 2. The van der Waals surface area contributed by atoms with Gasteiger partial charge < -0.3 is 14.3 Å². The molecule has 1 aliphatic rings. The number of piperazine rings is 1. The lowest BCUT2D eigenvalue weighted by atomic mass is 10.1. The lowest BCUT2D eigenvalue weighted by Crippen LogP contribution is -2.50. The molecule has 0 radical (unpaired) electrons. The Morgan fingerprint density at radius 1 is 1.04 bits per heavy atom. The van der Waals surface area contributed by atoms with Gasteiger partial charge in [-0.25, -0.2) is 0 Å². The molecule has 1 saturated heterocycles. The third-order valence-electron chi connectivity index (χ3n) is 4.05. The van der Waals surface area contributed by atoms with Crippen molar-refractivity contribution in [2.75, 3.05) is 26.2 Å². The molecule has 0 spiro atoms. The van der Waals surface area contributed by atoms with Crippen LogP contribution in [0, 0.1) is 20.8 Å². The van der Waals surface area contributed by atoms with E-state index in [1.807, 2.05) is 24.0 Å². The first-order chi connectivity index (χ1) is 11.0. The van der Waals surface area contributed by atoms with Gasteiger partial charge in [-0.05, 0) is 32.9 Å². The first kappa shape index (κ1) is 15.7. The van der Waals surface area contributed by atoms with E-state index < -0.39 is 0 Å². The van der Waals surface area contributed by atoms with E-state index in [-0.39, 0.29) is 11.8 Å². The molecule has 3 heterocycles. The third-order valence-corrected chi connectivity index (χ3v) is 5.04. The largest absolute Gasteiger partial charge is 0.361 e. The van der Waals surface area contributed by atoms with Gasteiger partial charge in [0.15, 0.2) is 0 Å². The number of carbonyl (C=O) groups is 2. The summed E-state index contributed by atoms with van der Waals surface area (Å²) in [5, 5.41) is 3.83. The van der Waals surface area contributed by atoms with Crippen LogP contribution in [0.5, 0.6) is 0 Å². The van der Waals surface area contributed by atoms with Crippen LogP contribution in [0.4, 0.5) is 0 Å². The Bertz CT molecular complexity index is 722. The van der Waals surface area contributed by atoms with Crippen LogP contribution in [-0.4, -0.2) is 52.9 Å². The number of nitrogens with zero attached hydrogens (tertiary/aromatic N) is 3. The van der Waals surface area contributed by atoms with Gasteiger partial charge in [0.2, 0.25) is 0 Å². The summed E-state index contributed by atoms with van der Waals surface area (Å²) in [6, 6.07) is 3.82. The van der Waals surface area contributed by atoms with Gasteiger partial charge in [-0.3, -0.25) is 9.59 Å². The van der Waals surface area contributed by atoms with Crippen LogP contribution in [0.2, 0.25) is 0 Å². The smallest absolute Gasteiger partial charge is 0.264 e. The lowest BCUT2D eigenvalue weighted by Gasteiger charge is -2.34. The van der Waals surface area contributed by atoms with Gasteiger partial charge in [0.25, 0.3) is 11.8 Å². The highest BCUT2D eigenvalue weighted by Gasteiger charge is 2.28. The lowest BCUT2D eigenvalue weighted by molar-refractivity contribution is 0.0536. The van der Waals surface area contributed by atoms with Crippen molar-refractivity contribution in [3.8, 4) is 0 Å². The monoisotopic (exact) mass is 333 g/mol. The molecule has 3 rings (SSSR count). The molecule has 0 saturated carbocycles. The van der Waals surface area contributed by atoms with Gasteiger partial charge in [0.05, 0.1) is 10.6 Å². The van der Waals surface area contributed by atoms with Crippen molar-refractivity contribution >= 4 is 23.2 Å². The summed E-state index contributed by atoms with van der Waals surface area (Å²) >= 11 is 1.51. The number of hydrogen-bond acceptors (Lipinski definition) is 5. The van der Waals surface area contributed by atoms with Gasteiger partial charge >= 0.3 is 0 Å². The molecular formula is C16H19N3O3S. The zero-order chi connectivity index (χ0) is 16.6. The SMILES string of the molecule is Cc1ccc(C(=O)N2CCN(C(=O)c3c(C)noc3C)CC2)s1. The summed E-state index contributed by atoms with van der Waals surface area (Å²) in [6.07, 6.45) is 0. The molecular weight excluding hydrogens is 314 g/mol. The maximum atomic E-state index is 12.6. The van der Waals surface area contributed by atoms with E-state index in [0.717, 1.165) is 9.75 Å². The molecule has 2 aromatic rings. The summed E-state index contributed by atoms with van der Waals surface area (Å²) < 4.78 is 5.07. The Morgan fingerprint density at radius 3 is 2.13 bits per heavy atom. The molecule has 2 aromatic heterocycles. The van der Waals surface area contributed by atoms with E-state index in [2.05, 4.69) is 5.16 Å². The third kappa shape index (κ3) is 3.01. The maximum absolute atomic E-state index is 12.6. The molecule has 1 fully saturated rings. The Morgan fingerprint density at radius 2 is 1.65 bits per heavy atom. The average molecular weight is 333 g/mol. The van der Waals surface area contributed by atoms with Crippen LogP contribution in [0.15, 0.2) is 16.7 Å². The van der Waals surface area contributed by atoms with E-state index in [1.165, 1.54) is 11.3 Å². The summed E-state index contributed by atoms with van der Waals surface area (Å²) in [5.41, 5.74) is 1.15. The number of amides is 2. The van der Waals surface area contributed by atoms with Crippen LogP contribution in [0.1, 0.15) is 36.4 Å². The minimum Gasteiger partial charge on any atom is -0.361 e. The molecule has 0 atom stereocenters. The Labute approximate surface area is 138 Å². The molecule has 7 heteroatoms. The normalized spacial score (nSPS) is 15.1. The zero-order valence-electron chi connectivity index (χ0n) is 13.5. The highest BCUT2D eigenvalue weighted by molar-refractivity contribution is 7.13. The number of aryl methyl sites for hydroxylation is 3. The predicted molar refractivity (Wildman–Crippen MR) is 86.8 cm³/mol. The first-order valence-electron chi connectivity index (χ1n) is 7.55. The van der Waals surface area contributed by atoms with E-state index >= 15 is 0 Å². The summed E-state index contributed by atoms with van der Waals surface area (Å²) in [4.78, 5) is 30.5. The van der Waals surface area contributed by atoms with Crippen molar-refractivity contribution in [3.63, 3.8) is 0 Å². The molecule has 6 nitrogen and oxygen atoms in total. The Kier molecular flexibility index (Phi) is 4.21. The fourth-order valence-corrected chi connectivity index (χ4v) is 3.60. The second kappa shape index (κ2) is 6.16. The van der Waals surface area contributed by atoms with Crippen molar-refractivity contribution in [1.29, 1.82) is 0 Å². The number of thiophene rings is 1. The number of hydrogen-bond donors (Lipinski definition) is 0. The van der Waals surface area contributed by atoms with Crippen LogP contribution >= 0.6 is 11.3 Å². The van der Waals surface area contributed by atoms with Crippen LogP contribution in [0.25, 0.3) is 0 Å². The van der Waals surface area contributed by atoms with Gasteiger partial charge in [-0.1, -0.05) is 5.16 Å². The van der Waals surface area contributed by atoms with Crippen molar-refractivity contribution < 1.29 is 14.1 Å². The molecule has 23 heavy (non-hydrogen) atoms. The molecule has 0 N–H and O–H groups in total. The Balaban J connectivity index is 1.64. The van der Waals surface area contributed by atoms with Crippen molar-refractivity contribution in [2.45, 2.75) is 20.8 Å². The molecule has 0 aromatic carbocycles. The van der Waals surface area contributed by atoms with E-state index in [9.17, 15) is 9.59 Å². The quantitative estimate of drug-likeness (QED) is 0.845. The minimum absolute atomic E-state index is 0.0486. The highest BCUT2D eigenvalue weighted by Crippen LogP contribution is 2.20. The van der Waals surface area contributed by atoms with Gasteiger partial charge in [0.1, 0.15) is 11.3 Å². The van der Waals surface area contributed by atoms with Crippen molar-refractivity contribution in [2.24, 2.45) is 0 Å². The summed E-state index contributed by atoms with van der Waals surface area (Å²) in [7, 11) is 0. The molecule has 1 aliphatic heterocycles. The van der Waals surface area contributed by atoms with Gasteiger partial charge in [-0.15, -0.1) is 11.3 Å². The van der Waals surface area contributed by atoms with Crippen LogP contribution in [-0.2, 0) is 0 Å². The fourth-order valence-electron chi connectivity index (χ4n) is 2.76. The second-order valence-electron chi connectivity index (χ2n) is 5.69. The number of rotatable bonds is 2.